The summed E-state index contributed by atoms with van der Waals surface area (Å²) in [5, 5.41) is 3.85. The van der Waals surface area contributed by atoms with Crippen LogP contribution in [-0.4, -0.2) is 35.0 Å². The number of fused-ring (bicyclic) bond motifs is 1. The van der Waals surface area contributed by atoms with E-state index in [1.54, 1.807) is 24.5 Å². The number of halogens is 1. The van der Waals surface area contributed by atoms with Crippen molar-refractivity contribution in [1.82, 2.24) is 15.3 Å². The summed E-state index contributed by atoms with van der Waals surface area (Å²) in [6, 6.07) is 15.9. The molecule has 1 atom stereocenters. The molecule has 4 rings (SSSR count). The second kappa shape index (κ2) is 9.72. The van der Waals surface area contributed by atoms with Gasteiger partial charge >= 0.3 is 0 Å². The number of nitrogens with zero attached hydrogens (tertiary/aromatic N) is 1. The number of pyridine rings is 1. The van der Waals surface area contributed by atoms with Gasteiger partial charge < -0.3 is 21.8 Å². The highest BCUT2D eigenvalue weighted by Crippen LogP contribution is 2.34. The standard InChI is InChI=1S/C25H26FN5O/c26-19-6-3-16(4-7-19)18-5-8-21-22(14-18)31-24(23(21)17-9-12-29-13-10-17)25(32)30-15-20(28)2-1-11-27/h3-10,12-14,20,31H,1-2,11,15,27-28H2,(H,30,32)/t20-/m0/s1. The highest BCUT2D eigenvalue weighted by atomic mass is 19.1. The van der Waals surface area contributed by atoms with Crippen LogP contribution in [0.2, 0.25) is 0 Å². The lowest BCUT2D eigenvalue weighted by molar-refractivity contribution is 0.0947. The fourth-order valence-corrected chi connectivity index (χ4v) is 3.80. The molecule has 0 aliphatic carbocycles. The summed E-state index contributed by atoms with van der Waals surface area (Å²) >= 11 is 0. The first-order valence-electron chi connectivity index (χ1n) is 10.6. The van der Waals surface area contributed by atoms with Crippen molar-refractivity contribution in [1.29, 1.82) is 0 Å². The molecule has 0 spiro atoms. The van der Waals surface area contributed by atoms with Crippen LogP contribution >= 0.6 is 0 Å². The number of carbonyl (C=O) groups is 1. The molecule has 2 aromatic heterocycles. The highest BCUT2D eigenvalue weighted by Gasteiger charge is 2.20. The predicted octanol–water partition coefficient (Wildman–Crippen LogP) is 3.83. The third-order valence-electron chi connectivity index (χ3n) is 5.48. The fraction of sp³-hybridized carbons (Fsp3) is 0.200. The molecule has 32 heavy (non-hydrogen) atoms. The van der Waals surface area contributed by atoms with Crippen molar-refractivity contribution in [3.63, 3.8) is 0 Å². The topological polar surface area (TPSA) is 110 Å². The molecule has 0 unspecified atom stereocenters. The zero-order valence-electron chi connectivity index (χ0n) is 17.6. The maximum atomic E-state index is 13.3. The Morgan fingerprint density at radius 2 is 1.75 bits per heavy atom. The lowest BCUT2D eigenvalue weighted by Crippen LogP contribution is -2.37. The Hall–Kier alpha value is -3.55. The molecular formula is C25H26FN5O. The monoisotopic (exact) mass is 431 g/mol. The summed E-state index contributed by atoms with van der Waals surface area (Å²) in [7, 11) is 0. The molecule has 0 saturated carbocycles. The maximum absolute atomic E-state index is 13.3. The quantitative estimate of drug-likeness (QED) is 0.340. The van der Waals surface area contributed by atoms with E-state index < -0.39 is 0 Å². The van der Waals surface area contributed by atoms with Crippen LogP contribution in [0.1, 0.15) is 23.3 Å². The first-order valence-corrected chi connectivity index (χ1v) is 10.6. The van der Waals surface area contributed by atoms with Crippen LogP contribution in [0.15, 0.2) is 67.0 Å². The molecule has 2 heterocycles. The number of aromatic nitrogens is 2. The number of H-pyrrole nitrogens is 1. The maximum Gasteiger partial charge on any atom is 0.268 e. The van der Waals surface area contributed by atoms with Gasteiger partial charge in [0.1, 0.15) is 11.5 Å². The molecule has 4 aromatic rings. The van der Waals surface area contributed by atoms with E-state index in [-0.39, 0.29) is 17.8 Å². The van der Waals surface area contributed by atoms with Gasteiger partial charge in [-0.1, -0.05) is 24.3 Å². The Morgan fingerprint density at radius 1 is 1.03 bits per heavy atom. The normalized spacial score (nSPS) is 12.1. The van der Waals surface area contributed by atoms with E-state index in [0.29, 0.717) is 18.8 Å². The molecule has 0 saturated heterocycles. The van der Waals surface area contributed by atoms with Crippen molar-refractivity contribution in [3.8, 4) is 22.3 Å². The number of nitrogens with one attached hydrogen (secondary N) is 2. The molecule has 7 heteroatoms. The van der Waals surface area contributed by atoms with Crippen molar-refractivity contribution in [2.45, 2.75) is 18.9 Å². The van der Waals surface area contributed by atoms with E-state index in [4.69, 9.17) is 11.5 Å². The minimum absolute atomic E-state index is 0.152. The van der Waals surface area contributed by atoms with Crippen LogP contribution in [0.25, 0.3) is 33.2 Å². The summed E-state index contributed by atoms with van der Waals surface area (Å²) in [6.45, 7) is 0.942. The number of rotatable bonds is 8. The van der Waals surface area contributed by atoms with Crippen molar-refractivity contribution in [2.75, 3.05) is 13.1 Å². The first-order chi connectivity index (χ1) is 15.6. The van der Waals surface area contributed by atoms with E-state index in [1.807, 2.05) is 30.3 Å². The van der Waals surface area contributed by atoms with Crippen LogP contribution in [0.3, 0.4) is 0 Å². The van der Waals surface area contributed by atoms with Gasteiger partial charge in [0.05, 0.1) is 0 Å². The van der Waals surface area contributed by atoms with Crippen LogP contribution in [0.5, 0.6) is 0 Å². The largest absolute Gasteiger partial charge is 0.350 e. The van der Waals surface area contributed by atoms with Gasteiger partial charge in [-0.05, 0) is 66.4 Å². The van der Waals surface area contributed by atoms with Crippen molar-refractivity contribution in [2.24, 2.45) is 11.5 Å². The summed E-state index contributed by atoms with van der Waals surface area (Å²) in [6.07, 6.45) is 4.97. The van der Waals surface area contributed by atoms with Gasteiger partial charge in [-0.2, -0.15) is 0 Å². The Morgan fingerprint density at radius 3 is 2.47 bits per heavy atom. The SMILES string of the molecule is NCCC[C@H](N)CNC(=O)c1[nH]c2cc(-c3ccc(F)cc3)ccc2c1-c1ccncc1. The average Bonchev–Trinajstić information content (AvgIpc) is 3.21. The lowest BCUT2D eigenvalue weighted by atomic mass is 9.99. The molecule has 0 bridgehead atoms. The van der Waals surface area contributed by atoms with Crippen molar-refractivity contribution < 1.29 is 9.18 Å². The molecule has 6 nitrogen and oxygen atoms in total. The number of aromatic amines is 1. The van der Waals surface area contributed by atoms with Crippen molar-refractivity contribution in [3.05, 3.63) is 78.5 Å². The van der Waals surface area contributed by atoms with Gasteiger partial charge in [0.25, 0.3) is 5.91 Å². The zero-order chi connectivity index (χ0) is 22.5. The third kappa shape index (κ3) is 4.69. The summed E-state index contributed by atoms with van der Waals surface area (Å²) in [4.78, 5) is 20.5. The minimum Gasteiger partial charge on any atom is -0.350 e. The molecule has 0 aliphatic rings. The smallest absolute Gasteiger partial charge is 0.268 e. The van der Waals surface area contributed by atoms with Gasteiger partial charge in [0, 0.05) is 41.4 Å². The number of hydrogen-bond donors (Lipinski definition) is 4. The number of carbonyl (C=O) groups excluding carboxylic acids is 1. The summed E-state index contributed by atoms with van der Waals surface area (Å²) in [5.74, 6) is -0.502. The molecular weight excluding hydrogens is 405 g/mol. The van der Waals surface area contributed by atoms with E-state index in [0.717, 1.165) is 46.0 Å². The average molecular weight is 432 g/mol. The van der Waals surface area contributed by atoms with E-state index >= 15 is 0 Å². The van der Waals surface area contributed by atoms with Gasteiger partial charge in [-0.15, -0.1) is 0 Å². The number of nitrogens with two attached hydrogens (primary N) is 2. The van der Waals surface area contributed by atoms with E-state index in [2.05, 4.69) is 15.3 Å². The van der Waals surface area contributed by atoms with Crippen LogP contribution in [-0.2, 0) is 0 Å². The van der Waals surface area contributed by atoms with Crippen LogP contribution in [0, 0.1) is 5.82 Å². The molecule has 0 aliphatic heterocycles. The van der Waals surface area contributed by atoms with Gasteiger partial charge in [-0.3, -0.25) is 9.78 Å². The second-order valence-corrected chi connectivity index (χ2v) is 7.78. The Balaban J connectivity index is 1.71. The van der Waals surface area contributed by atoms with Crippen LogP contribution < -0.4 is 16.8 Å². The molecule has 164 valence electrons. The Labute approximate surface area is 185 Å². The summed E-state index contributed by atoms with van der Waals surface area (Å²) < 4.78 is 13.3. The third-order valence-corrected chi connectivity index (χ3v) is 5.48. The highest BCUT2D eigenvalue weighted by molar-refractivity contribution is 6.10. The molecule has 1 amide bonds. The molecule has 0 radical (unpaired) electrons. The Bertz CT molecular complexity index is 1200. The zero-order valence-corrected chi connectivity index (χ0v) is 17.6. The van der Waals surface area contributed by atoms with Crippen LogP contribution in [0.4, 0.5) is 4.39 Å². The van der Waals surface area contributed by atoms with Gasteiger partial charge in [-0.25, -0.2) is 4.39 Å². The second-order valence-electron chi connectivity index (χ2n) is 7.78. The number of amides is 1. The molecule has 0 fully saturated rings. The lowest BCUT2D eigenvalue weighted by Gasteiger charge is -2.12. The van der Waals surface area contributed by atoms with Crippen molar-refractivity contribution >= 4 is 16.8 Å². The van der Waals surface area contributed by atoms with Gasteiger partial charge in [0.2, 0.25) is 0 Å². The van der Waals surface area contributed by atoms with E-state index in [1.165, 1.54) is 12.1 Å². The van der Waals surface area contributed by atoms with E-state index in [9.17, 15) is 9.18 Å². The first kappa shape index (κ1) is 21.7. The molecule has 6 N–H and O–H groups in total. The number of hydrogen-bond acceptors (Lipinski definition) is 4. The minimum atomic E-state index is -0.279. The number of benzene rings is 2. The molecule has 2 aromatic carbocycles. The predicted molar refractivity (Wildman–Crippen MR) is 126 cm³/mol. The Kier molecular flexibility index (Phi) is 6.58. The van der Waals surface area contributed by atoms with Gasteiger partial charge in [0.15, 0.2) is 0 Å². The summed E-state index contributed by atoms with van der Waals surface area (Å²) in [5.41, 5.74) is 16.4. The fourth-order valence-electron chi connectivity index (χ4n) is 3.80.